The maximum absolute atomic E-state index is 13.1. The predicted octanol–water partition coefficient (Wildman–Crippen LogP) is 5.93. The van der Waals surface area contributed by atoms with Gasteiger partial charge in [-0.05, 0) is 55.7 Å². The van der Waals surface area contributed by atoms with Gasteiger partial charge in [0, 0.05) is 23.3 Å². The van der Waals surface area contributed by atoms with Crippen LogP contribution in [-0.4, -0.2) is 30.5 Å². The molecular weight excluding hydrogens is 493 g/mol. The van der Waals surface area contributed by atoms with E-state index in [1.807, 2.05) is 44.2 Å². The van der Waals surface area contributed by atoms with Crippen LogP contribution in [0.4, 0.5) is 19.0 Å². The third kappa shape index (κ3) is 5.15. The van der Waals surface area contributed by atoms with E-state index in [4.69, 9.17) is 0 Å². The number of anilines is 1. The number of carbonyl (C=O) groups excluding carboxylic acids is 1. The van der Waals surface area contributed by atoms with Crippen molar-refractivity contribution in [1.82, 2.24) is 24.5 Å². The zero-order valence-electron chi connectivity index (χ0n) is 21.0. The maximum Gasteiger partial charge on any atom is 0.416 e. The third-order valence-corrected chi connectivity index (χ3v) is 6.30. The number of pyridine rings is 1. The highest BCUT2D eigenvalue weighted by molar-refractivity contribution is 5.96. The second kappa shape index (κ2) is 9.77. The van der Waals surface area contributed by atoms with Gasteiger partial charge in [-0.3, -0.25) is 9.48 Å². The first-order chi connectivity index (χ1) is 18.1. The molecule has 0 unspecified atom stereocenters. The molecule has 0 aliphatic rings. The van der Waals surface area contributed by atoms with E-state index in [0.29, 0.717) is 22.7 Å². The Bertz CT molecular complexity index is 1630. The molecule has 1 N–H and O–H groups in total. The van der Waals surface area contributed by atoms with Gasteiger partial charge in [0.15, 0.2) is 11.5 Å². The summed E-state index contributed by atoms with van der Waals surface area (Å²) in [5.41, 5.74) is 4.99. The zero-order valence-corrected chi connectivity index (χ0v) is 21.0. The number of nitrogens with zero attached hydrogens (tertiary/aromatic N) is 5. The number of aromatic nitrogens is 5. The largest absolute Gasteiger partial charge is 0.416 e. The van der Waals surface area contributed by atoms with Gasteiger partial charge >= 0.3 is 6.18 Å². The lowest BCUT2D eigenvalue weighted by atomic mass is 10.0. The highest BCUT2D eigenvalue weighted by Crippen LogP contribution is 2.31. The van der Waals surface area contributed by atoms with Crippen LogP contribution >= 0.6 is 0 Å². The Morgan fingerprint density at radius 1 is 0.947 bits per heavy atom. The summed E-state index contributed by atoms with van der Waals surface area (Å²) in [7, 11) is 0. The lowest BCUT2D eigenvalue weighted by Gasteiger charge is -2.09. The Labute approximate surface area is 216 Å². The van der Waals surface area contributed by atoms with Crippen molar-refractivity contribution >= 4 is 22.8 Å². The molecule has 2 aromatic carbocycles. The monoisotopic (exact) mass is 518 g/mol. The molecule has 3 heterocycles. The standard InChI is InChI=1S/C28H25F3N6O/c1-17-7-9-21(10-8-17)23-11-12-32-27-26(23)19(3)34-37(27)16-25(38)33-24-13-18(2)36(35-24)15-20-5-4-6-22(14-20)28(29,30)31/h4-14H,15-16H2,1-3H3,(H,33,35,38). The minimum Gasteiger partial charge on any atom is -0.308 e. The molecule has 5 rings (SSSR count). The molecule has 0 spiro atoms. The Kier molecular flexibility index (Phi) is 6.48. The third-order valence-electron chi connectivity index (χ3n) is 6.30. The number of alkyl halides is 3. The summed E-state index contributed by atoms with van der Waals surface area (Å²) in [4.78, 5) is 17.4. The molecule has 0 aliphatic heterocycles. The molecule has 38 heavy (non-hydrogen) atoms. The Morgan fingerprint density at radius 2 is 1.71 bits per heavy atom. The maximum atomic E-state index is 13.1. The van der Waals surface area contributed by atoms with Gasteiger partial charge in [0.2, 0.25) is 5.91 Å². The van der Waals surface area contributed by atoms with E-state index in [0.717, 1.165) is 39.9 Å². The number of rotatable bonds is 6. The predicted molar refractivity (Wildman–Crippen MR) is 139 cm³/mol. The van der Waals surface area contributed by atoms with E-state index >= 15 is 0 Å². The molecule has 10 heteroatoms. The topological polar surface area (TPSA) is 77.6 Å². The number of benzene rings is 2. The average molecular weight is 519 g/mol. The Hall–Kier alpha value is -4.47. The van der Waals surface area contributed by atoms with Crippen LogP contribution in [0.2, 0.25) is 0 Å². The summed E-state index contributed by atoms with van der Waals surface area (Å²) in [6, 6.07) is 16.9. The van der Waals surface area contributed by atoms with Crippen LogP contribution in [0.15, 0.2) is 66.9 Å². The first-order valence-electron chi connectivity index (χ1n) is 12.0. The van der Waals surface area contributed by atoms with Crippen LogP contribution < -0.4 is 5.32 Å². The number of halogens is 3. The molecule has 7 nitrogen and oxygen atoms in total. The first-order valence-corrected chi connectivity index (χ1v) is 12.0. The average Bonchev–Trinajstić information content (AvgIpc) is 3.37. The minimum absolute atomic E-state index is 0.0752. The van der Waals surface area contributed by atoms with E-state index in [-0.39, 0.29) is 19.0 Å². The van der Waals surface area contributed by atoms with Crippen molar-refractivity contribution in [2.45, 2.75) is 40.0 Å². The summed E-state index contributed by atoms with van der Waals surface area (Å²) in [6.07, 6.45) is -2.72. The summed E-state index contributed by atoms with van der Waals surface area (Å²) in [6.45, 7) is 5.75. The second-order valence-electron chi connectivity index (χ2n) is 9.24. The molecule has 5 aromatic rings. The summed E-state index contributed by atoms with van der Waals surface area (Å²) in [5, 5.41) is 12.6. The second-order valence-corrected chi connectivity index (χ2v) is 9.24. The highest BCUT2D eigenvalue weighted by Gasteiger charge is 2.30. The van der Waals surface area contributed by atoms with Crippen molar-refractivity contribution in [3.8, 4) is 11.1 Å². The van der Waals surface area contributed by atoms with Crippen molar-refractivity contribution in [3.05, 3.63) is 94.9 Å². The van der Waals surface area contributed by atoms with Gasteiger partial charge in [0.25, 0.3) is 0 Å². The molecule has 0 saturated heterocycles. The van der Waals surface area contributed by atoms with Crippen molar-refractivity contribution in [3.63, 3.8) is 0 Å². The summed E-state index contributed by atoms with van der Waals surface area (Å²) in [5.74, 6) is -0.0402. The number of aryl methyl sites for hydroxylation is 3. The van der Waals surface area contributed by atoms with Crippen molar-refractivity contribution < 1.29 is 18.0 Å². The number of hydrogen-bond acceptors (Lipinski definition) is 4. The normalized spacial score (nSPS) is 11.7. The van der Waals surface area contributed by atoms with E-state index in [9.17, 15) is 18.0 Å². The molecule has 0 bridgehead atoms. The lowest BCUT2D eigenvalue weighted by molar-refractivity contribution is -0.137. The van der Waals surface area contributed by atoms with Gasteiger partial charge in [0.1, 0.15) is 6.54 Å². The number of nitrogens with one attached hydrogen (secondary N) is 1. The fraction of sp³-hybridized carbons (Fsp3) is 0.214. The molecule has 0 fully saturated rings. The minimum atomic E-state index is -4.42. The van der Waals surface area contributed by atoms with Crippen molar-refractivity contribution in [2.24, 2.45) is 0 Å². The molecule has 1 amide bonds. The molecule has 0 aliphatic carbocycles. The molecule has 0 saturated carbocycles. The zero-order chi connectivity index (χ0) is 27.0. The number of amides is 1. The van der Waals surface area contributed by atoms with Crippen LogP contribution in [0.1, 0.15) is 28.1 Å². The smallest absolute Gasteiger partial charge is 0.308 e. The summed E-state index contributed by atoms with van der Waals surface area (Å²) < 4.78 is 42.3. The number of carbonyl (C=O) groups is 1. The van der Waals surface area contributed by atoms with Crippen LogP contribution in [-0.2, 0) is 24.1 Å². The van der Waals surface area contributed by atoms with Crippen LogP contribution in [0.5, 0.6) is 0 Å². The van der Waals surface area contributed by atoms with Gasteiger partial charge in [-0.1, -0.05) is 42.0 Å². The van der Waals surface area contributed by atoms with Gasteiger partial charge in [-0.25, -0.2) is 9.67 Å². The molecule has 0 atom stereocenters. The molecule has 3 aromatic heterocycles. The van der Waals surface area contributed by atoms with Gasteiger partial charge in [-0.2, -0.15) is 23.4 Å². The van der Waals surface area contributed by atoms with E-state index < -0.39 is 11.7 Å². The Balaban J connectivity index is 1.33. The van der Waals surface area contributed by atoms with Gasteiger partial charge in [-0.15, -0.1) is 0 Å². The van der Waals surface area contributed by atoms with E-state index in [1.54, 1.807) is 34.6 Å². The fourth-order valence-corrected chi connectivity index (χ4v) is 4.43. The number of fused-ring (bicyclic) bond motifs is 1. The van der Waals surface area contributed by atoms with Crippen molar-refractivity contribution in [2.75, 3.05) is 5.32 Å². The quantitative estimate of drug-likeness (QED) is 0.303. The van der Waals surface area contributed by atoms with Gasteiger partial charge < -0.3 is 5.32 Å². The Morgan fingerprint density at radius 3 is 2.45 bits per heavy atom. The highest BCUT2D eigenvalue weighted by atomic mass is 19.4. The van der Waals surface area contributed by atoms with Crippen molar-refractivity contribution in [1.29, 1.82) is 0 Å². The van der Waals surface area contributed by atoms with Crippen LogP contribution in [0, 0.1) is 20.8 Å². The van der Waals surface area contributed by atoms with E-state index in [1.165, 1.54) is 6.07 Å². The fourth-order valence-electron chi connectivity index (χ4n) is 4.43. The lowest BCUT2D eigenvalue weighted by Crippen LogP contribution is -2.20. The SMILES string of the molecule is Cc1ccc(-c2ccnc3c2c(C)nn3CC(=O)Nc2cc(C)n(Cc3cccc(C(F)(F)F)c3)n2)cc1. The van der Waals surface area contributed by atoms with Gasteiger partial charge in [0.05, 0.1) is 17.8 Å². The molecule has 194 valence electrons. The van der Waals surface area contributed by atoms with E-state index in [2.05, 4.69) is 20.5 Å². The molecule has 0 radical (unpaired) electrons. The van der Waals surface area contributed by atoms with Crippen LogP contribution in [0.3, 0.4) is 0 Å². The molecular formula is C28H25F3N6O. The summed E-state index contributed by atoms with van der Waals surface area (Å²) >= 11 is 0. The number of hydrogen-bond donors (Lipinski definition) is 1. The van der Waals surface area contributed by atoms with Crippen LogP contribution in [0.25, 0.3) is 22.2 Å². The first kappa shape index (κ1) is 25.2.